The molecule has 8 heteroatoms. The van der Waals surface area contributed by atoms with Gasteiger partial charge in [-0.1, -0.05) is 0 Å². The van der Waals surface area contributed by atoms with Crippen LogP contribution in [0.1, 0.15) is 32.8 Å². The van der Waals surface area contributed by atoms with E-state index in [-0.39, 0.29) is 24.1 Å². The van der Waals surface area contributed by atoms with Crippen LogP contribution in [0.2, 0.25) is 0 Å². The Labute approximate surface area is 140 Å². The smallest absolute Gasteiger partial charge is 0.261 e. The van der Waals surface area contributed by atoms with Crippen molar-refractivity contribution in [1.82, 2.24) is 20.5 Å². The standard InChI is InChI=1S/C16H13FN4O2S/c1-9(22)11-6-13(24-8-11)16(23)18-7-14-19-15(21-20-14)10-2-4-12(17)5-3-10/h2-6,8H,7H2,1H3,(H,18,23)(H,19,20,21). The van der Waals surface area contributed by atoms with E-state index in [0.717, 1.165) is 0 Å². The Morgan fingerprint density at radius 2 is 2.04 bits per heavy atom. The molecule has 3 aromatic rings. The summed E-state index contributed by atoms with van der Waals surface area (Å²) >= 11 is 1.21. The van der Waals surface area contributed by atoms with Crippen LogP contribution >= 0.6 is 11.3 Å². The van der Waals surface area contributed by atoms with E-state index in [1.165, 1.54) is 30.4 Å². The minimum atomic E-state index is -0.331. The number of nitrogens with one attached hydrogen (secondary N) is 2. The van der Waals surface area contributed by atoms with Crippen LogP contribution in [-0.2, 0) is 6.54 Å². The first-order chi connectivity index (χ1) is 11.5. The molecule has 0 fully saturated rings. The first-order valence-corrected chi connectivity index (χ1v) is 7.96. The number of thiophene rings is 1. The van der Waals surface area contributed by atoms with Gasteiger partial charge in [0.2, 0.25) is 0 Å². The summed E-state index contributed by atoms with van der Waals surface area (Å²) in [6.45, 7) is 1.62. The van der Waals surface area contributed by atoms with E-state index in [1.54, 1.807) is 23.6 Å². The average molecular weight is 344 g/mol. The fraction of sp³-hybridized carbons (Fsp3) is 0.125. The second-order valence-electron chi connectivity index (χ2n) is 5.05. The number of halogens is 1. The molecule has 0 bridgehead atoms. The summed E-state index contributed by atoms with van der Waals surface area (Å²) in [5, 5.41) is 11.1. The molecule has 0 aliphatic heterocycles. The fourth-order valence-corrected chi connectivity index (χ4v) is 2.86. The molecular weight excluding hydrogens is 331 g/mol. The van der Waals surface area contributed by atoms with E-state index >= 15 is 0 Å². The second-order valence-corrected chi connectivity index (χ2v) is 5.96. The molecule has 3 rings (SSSR count). The number of carbonyl (C=O) groups excluding carboxylic acids is 2. The Hall–Kier alpha value is -2.87. The van der Waals surface area contributed by atoms with E-state index in [2.05, 4.69) is 20.5 Å². The fourth-order valence-electron chi connectivity index (χ4n) is 1.99. The maximum absolute atomic E-state index is 12.9. The zero-order valence-electron chi connectivity index (χ0n) is 12.7. The quantitative estimate of drug-likeness (QED) is 0.697. The number of rotatable bonds is 5. The van der Waals surface area contributed by atoms with Gasteiger partial charge in [-0.05, 0) is 37.3 Å². The molecule has 2 N–H and O–H groups in total. The van der Waals surface area contributed by atoms with Gasteiger partial charge in [0.05, 0.1) is 11.4 Å². The molecule has 1 amide bonds. The van der Waals surface area contributed by atoms with Crippen molar-refractivity contribution in [2.75, 3.05) is 0 Å². The number of Topliss-reactive ketones (excluding diaryl/α,β-unsaturated/α-hetero) is 1. The maximum atomic E-state index is 12.9. The molecule has 0 unspecified atom stereocenters. The van der Waals surface area contributed by atoms with Gasteiger partial charge >= 0.3 is 0 Å². The van der Waals surface area contributed by atoms with E-state index in [0.29, 0.717) is 27.7 Å². The number of hydrogen-bond donors (Lipinski definition) is 2. The Morgan fingerprint density at radius 1 is 1.29 bits per heavy atom. The minimum absolute atomic E-state index is 0.0792. The zero-order chi connectivity index (χ0) is 17.1. The summed E-state index contributed by atoms with van der Waals surface area (Å²) in [5.74, 6) is 0.208. The second kappa shape index (κ2) is 6.71. The van der Waals surface area contributed by atoms with Crippen molar-refractivity contribution in [2.24, 2.45) is 0 Å². The van der Waals surface area contributed by atoms with Crippen LogP contribution in [0.3, 0.4) is 0 Å². The van der Waals surface area contributed by atoms with Crippen LogP contribution in [0.25, 0.3) is 11.4 Å². The maximum Gasteiger partial charge on any atom is 0.261 e. The molecule has 1 aromatic carbocycles. The van der Waals surface area contributed by atoms with Gasteiger partial charge in [-0.25, -0.2) is 9.37 Å². The molecule has 24 heavy (non-hydrogen) atoms. The molecule has 0 saturated heterocycles. The van der Waals surface area contributed by atoms with Gasteiger partial charge in [0.25, 0.3) is 5.91 Å². The average Bonchev–Trinajstić information content (AvgIpc) is 3.23. The third kappa shape index (κ3) is 3.54. The molecule has 2 aromatic heterocycles. The summed E-state index contributed by atoms with van der Waals surface area (Å²) in [4.78, 5) is 28.0. The Bertz CT molecular complexity index is 886. The SMILES string of the molecule is CC(=O)c1csc(C(=O)NCc2nc(-c3ccc(F)cc3)n[nH]2)c1. The summed E-state index contributed by atoms with van der Waals surface area (Å²) in [7, 11) is 0. The number of carbonyl (C=O) groups is 2. The van der Waals surface area contributed by atoms with Gasteiger partial charge in [-0.15, -0.1) is 11.3 Å². The van der Waals surface area contributed by atoms with E-state index in [9.17, 15) is 14.0 Å². The van der Waals surface area contributed by atoms with Crippen LogP contribution in [0.15, 0.2) is 35.7 Å². The van der Waals surface area contributed by atoms with Gasteiger partial charge in [0.1, 0.15) is 11.6 Å². The van der Waals surface area contributed by atoms with E-state index < -0.39 is 0 Å². The van der Waals surface area contributed by atoms with Crippen LogP contribution in [0.4, 0.5) is 4.39 Å². The van der Waals surface area contributed by atoms with Crippen molar-refractivity contribution in [3.05, 3.63) is 57.8 Å². The topological polar surface area (TPSA) is 87.7 Å². The minimum Gasteiger partial charge on any atom is -0.344 e. The lowest BCUT2D eigenvalue weighted by atomic mass is 10.2. The third-order valence-electron chi connectivity index (χ3n) is 3.28. The number of aromatic amines is 1. The van der Waals surface area contributed by atoms with Gasteiger partial charge in [0.15, 0.2) is 11.6 Å². The summed E-state index contributed by atoms with van der Waals surface area (Å²) in [6.07, 6.45) is 0. The van der Waals surface area contributed by atoms with Gasteiger partial charge in [0, 0.05) is 16.5 Å². The molecule has 122 valence electrons. The van der Waals surface area contributed by atoms with Gasteiger partial charge in [-0.2, -0.15) is 5.10 Å². The summed E-state index contributed by atoms with van der Waals surface area (Å²) in [6, 6.07) is 7.38. The van der Waals surface area contributed by atoms with Crippen molar-refractivity contribution in [1.29, 1.82) is 0 Å². The number of hydrogen-bond acceptors (Lipinski definition) is 5. The van der Waals surface area contributed by atoms with Crippen molar-refractivity contribution in [3.63, 3.8) is 0 Å². The van der Waals surface area contributed by atoms with Crippen molar-refractivity contribution >= 4 is 23.0 Å². The third-order valence-corrected chi connectivity index (χ3v) is 4.21. The number of H-pyrrole nitrogens is 1. The normalized spacial score (nSPS) is 10.6. The lowest BCUT2D eigenvalue weighted by Gasteiger charge is -1.99. The number of amides is 1. The molecule has 0 aliphatic rings. The first-order valence-electron chi connectivity index (χ1n) is 7.08. The molecule has 0 atom stereocenters. The number of aromatic nitrogens is 3. The lowest BCUT2D eigenvalue weighted by molar-refractivity contribution is 0.0954. The lowest BCUT2D eigenvalue weighted by Crippen LogP contribution is -2.22. The van der Waals surface area contributed by atoms with Crippen LogP contribution in [-0.4, -0.2) is 26.9 Å². The molecular formula is C16H13FN4O2S. The van der Waals surface area contributed by atoms with Crippen molar-refractivity contribution < 1.29 is 14.0 Å². The van der Waals surface area contributed by atoms with E-state index in [4.69, 9.17) is 0 Å². The monoisotopic (exact) mass is 344 g/mol. The molecule has 0 saturated carbocycles. The number of nitrogens with zero attached hydrogens (tertiary/aromatic N) is 2. The molecule has 0 radical (unpaired) electrons. The highest BCUT2D eigenvalue weighted by atomic mass is 32.1. The summed E-state index contributed by atoms with van der Waals surface area (Å²) in [5.41, 5.74) is 1.19. The number of ketones is 1. The largest absolute Gasteiger partial charge is 0.344 e. The van der Waals surface area contributed by atoms with Gasteiger partial charge < -0.3 is 5.32 Å². The predicted molar refractivity (Wildman–Crippen MR) is 87.3 cm³/mol. The molecule has 0 spiro atoms. The highest BCUT2D eigenvalue weighted by Gasteiger charge is 2.12. The Morgan fingerprint density at radius 3 is 2.71 bits per heavy atom. The molecule has 6 nitrogen and oxygen atoms in total. The first kappa shape index (κ1) is 16.0. The van der Waals surface area contributed by atoms with Gasteiger partial charge in [-0.3, -0.25) is 14.7 Å². The van der Waals surface area contributed by atoms with Crippen LogP contribution in [0.5, 0.6) is 0 Å². The summed E-state index contributed by atoms with van der Waals surface area (Å²) < 4.78 is 12.9. The highest BCUT2D eigenvalue weighted by molar-refractivity contribution is 7.12. The van der Waals surface area contributed by atoms with E-state index in [1.807, 2.05) is 0 Å². The highest BCUT2D eigenvalue weighted by Crippen LogP contribution is 2.16. The predicted octanol–water partition coefficient (Wildman–Crippen LogP) is 2.80. The molecule has 2 heterocycles. The Balaban J connectivity index is 1.63. The number of benzene rings is 1. The van der Waals surface area contributed by atoms with Crippen LogP contribution in [0, 0.1) is 5.82 Å². The zero-order valence-corrected chi connectivity index (χ0v) is 13.5. The molecule has 0 aliphatic carbocycles. The Kier molecular flexibility index (Phi) is 4.48. The van der Waals surface area contributed by atoms with Crippen LogP contribution < -0.4 is 5.32 Å². The van der Waals surface area contributed by atoms with Crippen molar-refractivity contribution in [3.8, 4) is 11.4 Å². The van der Waals surface area contributed by atoms with Crippen molar-refractivity contribution in [2.45, 2.75) is 13.5 Å².